The molecule has 0 radical (unpaired) electrons. The van der Waals surface area contributed by atoms with Gasteiger partial charge in [-0.3, -0.25) is 4.79 Å². The lowest BCUT2D eigenvalue weighted by molar-refractivity contribution is 0.0141. The Hall–Kier alpha value is -1.67. The molecule has 1 N–H and O–H groups in total. The van der Waals surface area contributed by atoms with E-state index >= 15 is 0 Å². The summed E-state index contributed by atoms with van der Waals surface area (Å²) in [7, 11) is 0. The van der Waals surface area contributed by atoms with Crippen molar-refractivity contribution >= 4 is 23.3 Å². The highest BCUT2D eigenvalue weighted by atomic mass is 32.1. The van der Waals surface area contributed by atoms with Crippen LogP contribution in [-0.4, -0.2) is 64.6 Å². The molecule has 3 rings (SSSR count). The van der Waals surface area contributed by atoms with Gasteiger partial charge in [-0.15, -0.1) is 11.3 Å². The van der Waals surface area contributed by atoms with Gasteiger partial charge in [0.25, 0.3) is 5.91 Å². The molecule has 25 heavy (non-hydrogen) atoms. The Labute approximate surface area is 152 Å². The quantitative estimate of drug-likeness (QED) is 0.821. The van der Waals surface area contributed by atoms with Gasteiger partial charge >= 0.3 is 6.09 Å². The molecule has 0 spiro atoms. The molecule has 138 valence electrons. The Morgan fingerprint density at radius 3 is 2.48 bits per heavy atom. The summed E-state index contributed by atoms with van der Waals surface area (Å²) in [6.45, 7) is 10.5. The summed E-state index contributed by atoms with van der Waals surface area (Å²) in [6.07, 6.45) is 0.551. The topological polar surface area (TPSA) is 74.8 Å². The summed E-state index contributed by atoms with van der Waals surface area (Å²) in [5.74, 6) is -0.0316. The molecule has 2 aliphatic heterocycles. The first-order valence-corrected chi connectivity index (χ1v) is 9.54. The number of hydrogen-bond acceptors (Lipinski definition) is 6. The molecule has 0 aliphatic carbocycles. The molecule has 1 fully saturated rings. The van der Waals surface area contributed by atoms with Crippen molar-refractivity contribution in [3.05, 3.63) is 15.6 Å². The number of piperazine rings is 1. The number of hydrogen-bond donors (Lipinski definition) is 1. The lowest BCUT2D eigenvalue weighted by Crippen LogP contribution is -2.51. The Kier molecular flexibility index (Phi) is 5.02. The number of nitrogens with zero attached hydrogens (tertiary/aromatic N) is 3. The standard InChI is InChI=1S/C17H26N4O3S/c1-11-9-12-13(10-18-11)25-14(19-12)15(22)20-5-7-21(8-6-20)16(23)24-17(2,3)4/h11,18H,5-10H2,1-4H3. The molecule has 1 unspecified atom stereocenters. The highest BCUT2D eigenvalue weighted by molar-refractivity contribution is 7.13. The maximum atomic E-state index is 12.7. The number of thiazole rings is 1. The number of nitrogens with one attached hydrogen (secondary N) is 1. The number of ether oxygens (including phenoxy) is 1. The van der Waals surface area contributed by atoms with Crippen molar-refractivity contribution in [1.29, 1.82) is 0 Å². The maximum Gasteiger partial charge on any atom is 0.410 e. The number of rotatable bonds is 1. The van der Waals surface area contributed by atoms with Crippen molar-refractivity contribution in [3.8, 4) is 0 Å². The average molecular weight is 366 g/mol. The Bertz CT molecular complexity index is 659. The minimum absolute atomic E-state index is 0.0316. The smallest absolute Gasteiger partial charge is 0.410 e. The predicted octanol–water partition coefficient (Wildman–Crippen LogP) is 1.87. The Balaban J connectivity index is 1.58. The summed E-state index contributed by atoms with van der Waals surface area (Å²) in [4.78, 5) is 34.0. The van der Waals surface area contributed by atoms with E-state index < -0.39 is 5.60 Å². The maximum absolute atomic E-state index is 12.7. The minimum Gasteiger partial charge on any atom is -0.444 e. The van der Waals surface area contributed by atoms with Gasteiger partial charge in [0.05, 0.1) is 5.69 Å². The molecule has 1 aromatic rings. The third kappa shape index (κ3) is 4.30. The molecule has 8 heteroatoms. The van der Waals surface area contributed by atoms with Crippen LogP contribution in [0, 0.1) is 0 Å². The van der Waals surface area contributed by atoms with Crippen molar-refractivity contribution < 1.29 is 14.3 Å². The first kappa shape index (κ1) is 18.1. The van der Waals surface area contributed by atoms with Crippen LogP contribution in [0.1, 0.15) is 48.1 Å². The van der Waals surface area contributed by atoms with Crippen LogP contribution >= 0.6 is 11.3 Å². The summed E-state index contributed by atoms with van der Waals surface area (Å²) in [5.41, 5.74) is 0.543. The van der Waals surface area contributed by atoms with E-state index in [1.165, 1.54) is 11.3 Å². The molecule has 7 nitrogen and oxygen atoms in total. The van der Waals surface area contributed by atoms with Crippen LogP contribution in [0.5, 0.6) is 0 Å². The summed E-state index contributed by atoms with van der Waals surface area (Å²) in [5, 5.41) is 3.96. The van der Waals surface area contributed by atoms with E-state index in [1.807, 2.05) is 20.8 Å². The molecule has 3 heterocycles. The number of aromatic nitrogens is 1. The van der Waals surface area contributed by atoms with E-state index in [1.54, 1.807) is 9.80 Å². The number of carbonyl (C=O) groups excluding carboxylic acids is 2. The van der Waals surface area contributed by atoms with Crippen molar-refractivity contribution in [2.24, 2.45) is 0 Å². The van der Waals surface area contributed by atoms with Crippen LogP contribution in [0.25, 0.3) is 0 Å². The second-order valence-electron chi connectivity index (χ2n) is 7.63. The van der Waals surface area contributed by atoms with Crippen molar-refractivity contribution in [2.45, 2.75) is 52.3 Å². The van der Waals surface area contributed by atoms with Crippen LogP contribution in [0.3, 0.4) is 0 Å². The number of fused-ring (bicyclic) bond motifs is 1. The minimum atomic E-state index is -0.505. The van der Waals surface area contributed by atoms with Crippen LogP contribution < -0.4 is 5.32 Å². The molecule has 0 bridgehead atoms. The zero-order valence-corrected chi connectivity index (χ0v) is 16.1. The second-order valence-corrected chi connectivity index (χ2v) is 8.72. The van der Waals surface area contributed by atoms with Crippen LogP contribution in [0.4, 0.5) is 4.79 Å². The second kappa shape index (κ2) is 6.92. The van der Waals surface area contributed by atoms with Crippen LogP contribution in [-0.2, 0) is 17.7 Å². The Morgan fingerprint density at radius 2 is 1.84 bits per heavy atom. The predicted molar refractivity (Wildman–Crippen MR) is 95.8 cm³/mol. The van der Waals surface area contributed by atoms with Gasteiger partial charge in [-0.1, -0.05) is 0 Å². The molecule has 0 aromatic carbocycles. The number of carbonyl (C=O) groups is 2. The highest BCUT2D eigenvalue weighted by Crippen LogP contribution is 2.25. The molecular formula is C17H26N4O3S. The van der Waals surface area contributed by atoms with Gasteiger partial charge < -0.3 is 19.9 Å². The van der Waals surface area contributed by atoms with Gasteiger partial charge in [0.1, 0.15) is 5.60 Å². The molecule has 2 amide bonds. The summed E-state index contributed by atoms with van der Waals surface area (Å²) >= 11 is 1.48. The van der Waals surface area contributed by atoms with Crippen LogP contribution in [0.2, 0.25) is 0 Å². The first-order chi connectivity index (χ1) is 11.7. The van der Waals surface area contributed by atoms with E-state index in [-0.39, 0.29) is 12.0 Å². The fourth-order valence-electron chi connectivity index (χ4n) is 2.96. The molecule has 2 aliphatic rings. The van der Waals surface area contributed by atoms with E-state index in [2.05, 4.69) is 17.2 Å². The molecule has 1 saturated heterocycles. The van der Waals surface area contributed by atoms with Gasteiger partial charge in [0.2, 0.25) is 0 Å². The zero-order chi connectivity index (χ0) is 18.2. The fraction of sp³-hybridized carbons (Fsp3) is 0.706. The van der Waals surface area contributed by atoms with Gasteiger partial charge in [0, 0.05) is 50.1 Å². The lowest BCUT2D eigenvalue weighted by Gasteiger charge is -2.35. The van der Waals surface area contributed by atoms with E-state index in [4.69, 9.17) is 4.74 Å². The third-order valence-electron chi connectivity index (χ3n) is 4.29. The Morgan fingerprint density at radius 1 is 1.20 bits per heavy atom. The van der Waals surface area contributed by atoms with E-state index in [9.17, 15) is 9.59 Å². The number of amides is 2. The molecule has 1 aromatic heterocycles. The monoisotopic (exact) mass is 366 g/mol. The van der Waals surface area contributed by atoms with Crippen molar-refractivity contribution in [1.82, 2.24) is 20.1 Å². The average Bonchev–Trinajstić information content (AvgIpc) is 2.95. The van der Waals surface area contributed by atoms with Crippen molar-refractivity contribution in [2.75, 3.05) is 26.2 Å². The van der Waals surface area contributed by atoms with Crippen LogP contribution in [0.15, 0.2) is 0 Å². The van der Waals surface area contributed by atoms with Gasteiger partial charge in [-0.05, 0) is 27.7 Å². The van der Waals surface area contributed by atoms with E-state index in [0.29, 0.717) is 37.2 Å². The molecule has 0 saturated carbocycles. The summed E-state index contributed by atoms with van der Waals surface area (Å²) in [6, 6.07) is 0.398. The molecule has 1 atom stereocenters. The SMILES string of the molecule is CC1Cc2nc(C(=O)N3CCN(C(=O)OC(C)(C)C)CC3)sc2CN1. The first-order valence-electron chi connectivity index (χ1n) is 8.72. The zero-order valence-electron chi connectivity index (χ0n) is 15.3. The third-order valence-corrected chi connectivity index (χ3v) is 5.38. The largest absolute Gasteiger partial charge is 0.444 e. The van der Waals surface area contributed by atoms with Crippen molar-refractivity contribution in [3.63, 3.8) is 0 Å². The fourth-order valence-corrected chi connectivity index (χ4v) is 3.96. The molecular weight excluding hydrogens is 340 g/mol. The van der Waals surface area contributed by atoms with Gasteiger partial charge in [-0.25, -0.2) is 9.78 Å². The summed E-state index contributed by atoms with van der Waals surface area (Å²) < 4.78 is 5.39. The van der Waals surface area contributed by atoms with Gasteiger partial charge in [0.15, 0.2) is 5.01 Å². The lowest BCUT2D eigenvalue weighted by atomic mass is 10.1. The van der Waals surface area contributed by atoms with E-state index in [0.717, 1.165) is 23.5 Å². The highest BCUT2D eigenvalue weighted by Gasteiger charge is 2.30. The van der Waals surface area contributed by atoms with Gasteiger partial charge in [-0.2, -0.15) is 0 Å². The normalized spacial score (nSPS) is 21.0.